The van der Waals surface area contributed by atoms with Gasteiger partial charge in [-0.1, -0.05) is 13.3 Å². The van der Waals surface area contributed by atoms with Gasteiger partial charge in [0.1, 0.15) is 5.82 Å². The van der Waals surface area contributed by atoms with E-state index in [-0.39, 0.29) is 0 Å². The average Bonchev–Trinajstić information content (AvgIpc) is 2.50. The second-order valence-corrected chi connectivity index (χ2v) is 3.21. The van der Waals surface area contributed by atoms with E-state index in [4.69, 9.17) is 11.6 Å². The lowest BCUT2D eigenvalue weighted by atomic mass is 10.2. The van der Waals surface area contributed by atoms with Crippen LogP contribution in [0.1, 0.15) is 25.6 Å². The van der Waals surface area contributed by atoms with Gasteiger partial charge >= 0.3 is 0 Å². The number of aryl methyl sites for hydroxylation is 2. The molecular weight excluding hydrogens is 172 g/mol. The van der Waals surface area contributed by atoms with Crippen LogP contribution >= 0.6 is 11.6 Å². The molecule has 12 heavy (non-hydrogen) atoms. The van der Waals surface area contributed by atoms with Crippen LogP contribution in [0, 0.1) is 0 Å². The van der Waals surface area contributed by atoms with E-state index in [0.29, 0.717) is 5.88 Å². The lowest BCUT2D eigenvalue weighted by Gasteiger charge is -2.03. The van der Waals surface area contributed by atoms with Gasteiger partial charge in [-0.05, 0) is 6.42 Å². The molecule has 0 saturated heterocycles. The fourth-order valence-electron chi connectivity index (χ4n) is 1.20. The summed E-state index contributed by atoms with van der Waals surface area (Å²) in [6, 6.07) is 0. The second-order valence-electron chi connectivity index (χ2n) is 2.83. The van der Waals surface area contributed by atoms with Gasteiger partial charge < -0.3 is 4.57 Å². The highest BCUT2D eigenvalue weighted by Gasteiger charge is 2.00. The standard InChI is InChI=1S/C9H15ClN2/c1-2-3-4-9-11-6-8-12(9)7-5-10/h6,8H,2-5,7H2,1H3. The molecule has 1 heterocycles. The lowest BCUT2D eigenvalue weighted by molar-refractivity contribution is 0.665. The average molecular weight is 187 g/mol. The summed E-state index contributed by atoms with van der Waals surface area (Å²) in [7, 11) is 0. The Morgan fingerprint density at radius 2 is 2.42 bits per heavy atom. The molecule has 3 heteroatoms. The van der Waals surface area contributed by atoms with Crippen LogP contribution in [0.25, 0.3) is 0 Å². The largest absolute Gasteiger partial charge is 0.334 e. The SMILES string of the molecule is CCCCc1nccn1CCCl. The van der Waals surface area contributed by atoms with Crippen molar-refractivity contribution >= 4 is 11.6 Å². The Kier molecular flexibility index (Phi) is 4.15. The first-order valence-electron chi connectivity index (χ1n) is 4.44. The number of unbranched alkanes of at least 4 members (excludes halogenated alkanes) is 1. The number of nitrogens with zero attached hydrogens (tertiary/aromatic N) is 2. The number of hydrogen-bond donors (Lipinski definition) is 0. The number of aromatic nitrogens is 2. The fourth-order valence-corrected chi connectivity index (χ4v) is 1.38. The normalized spacial score (nSPS) is 10.5. The van der Waals surface area contributed by atoms with Gasteiger partial charge in [-0.15, -0.1) is 11.6 Å². The third-order valence-corrected chi connectivity index (χ3v) is 2.05. The molecule has 0 aliphatic heterocycles. The molecule has 0 aliphatic carbocycles. The van der Waals surface area contributed by atoms with Crippen LogP contribution in [0.4, 0.5) is 0 Å². The zero-order chi connectivity index (χ0) is 8.81. The van der Waals surface area contributed by atoms with Crippen molar-refractivity contribution in [3.05, 3.63) is 18.2 Å². The van der Waals surface area contributed by atoms with Gasteiger partial charge in [0.15, 0.2) is 0 Å². The highest BCUT2D eigenvalue weighted by molar-refractivity contribution is 6.17. The van der Waals surface area contributed by atoms with Gasteiger partial charge in [0.05, 0.1) is 0 Å². The summed E-state index contributed by atoms with van der Waals surface area (Å²) >= 11 is 5.65. The van der Waals surface area contributed by atoms with Crippen LogP contribution < -0.4 is 0 Å². The third kappa shape index (κ3) is 2.52. The Balaban J connectivity index is 2.51. The van der Waals surface area contributed by atoms with Crippen molar-refractivity contribution < 1.29 is 0 Å². The Morgan fingerprint density at radius 3 is 3.08 bits per heavy atom. The van der Waals surface area contributed by atoms with Crippen molar-refractivity contribution in [2.45, 2.75) is 32.7 Å². The molecule has 0 aliphatic rings. The fraction of sp³-hybridized carbons (Fsp3) is 0.667. The third-order valence-electron chi connectivity index (χ3n) is 1.88. The number of alkyl halides is 1. The molecule has 0 amide bonds. The molecule has 0 bridgehead atoms. The molecule has 68 valence electrons. The minimum Gasteiger partial charge on any atom is -0.334 e. The van der Waals surface area contributed by atoms with Crippen molar-refractivity contribution in [1.29, 1.82) is 0 Å². The summed E-state index contributed by atoms with van der Waals surface area (Å²) in [6.45, 7) is 3.06. The molecule has 0 unspecified atom stereocenters. The molecule has 2 nitrogen and oxygen atoms in total. The molecular formula is C9H15ClN2. The number of hydrogen-bond acceptors (Lipinski definition) is 1. The Bertz CT molecular complexity index is 220. The molecule has 0 N–H and O–H groups in total. The Labute approximate surface area is 78.6 Å². The smallest absolute Gasteiger partial charge is 0.108 e. The van der Waals surface area contributed by atoms with Gasteiger partial charge in [0.2, 0.25) is 0 Å². The number of imidazole rings is 1. The van der Waals surface area contributed by atoms with Crippen LogP contribution in [-0.2, 0) is 13.0 Å². The highest BCUT2D eigenvalue weighted by atomic mass is 35.5. The molecule has 0 aromatic carbocycles. The van der Waals surface area contributed by atoms with Crippen LogP contribution in [0.15, 0.2) is 12.4 Å². The van der Waals surface area contributed by atoms with E-state index >= 15 is 0 Å². The summed E-state index contributed by atoms with van der Waals surface area (Å²) in [5.41, 5.74) is 0. The first-order chi connectivity index (χ1) is 5.88. The maximum absolute atomic E-state index is 5.65. The maximum atomic E-state index is 5.65. The second kappa shape index (κ2) is 5.20. The van der Waals surface area contributed by atoms with E-state index in [1.165, 1.54) is 12.8 Å². The van der Waals surface area contributed by atoms with Gasteiger partial charge in [-0.2, -0.15) is 0 Å². The van der Waals surface area contributed by atoms with Crippen LogP contribution in [-0.4, -0.2) is 15.4 Å². The van der Waals surface area contributed by atoms with Crippen LogP contribution in [0.2, 0.25) is 0 Å². The van der Waals surface area contributed by atoms with Gasteiger partial charge in [-0.25, -0.2) is 4.98 Å². The molecule has 0 spiro atoms. The number of rotatable bonds is 5. The minimum absolute atomic E-state index is 0.662. The summed E-state index contributed by atoms with van der Waals surface area (Å²) in [6.07, 6.45) is 7.33. The van der Waals surface area contributed by atoms with Crippen molar-refractivity contribution in [2.24, 2.45) is 0 Å². The van der Waals surface area contributed by atoms with Crippen molar-refractivity contribution in [1.82, 2.24) is 9.55 Å². The zero-order valence-corrected chi connectivity index (χ0v) is 8.22. The van der Waals surface area contributed by atoms with Gasteiger partial charge in [0, 0.05) is 31.2 Å². The van der Waals surface area contributed by atoms with E-state index in [1.54, 1.807) is 0 Å². The van der Waals surface area contributed by atoms with Crippen LogP contribution in [0.3, 0.4) is 0 Å². The topological polar surface area (TPSA) is 17.8 Å². The quantitative estimate of drug-likeness (QED) is 0.646. The van der Waals surface area contributed by atoms with E-state index in [9.17, 15) is 0 Å². The molecule has 1 aromatic rings. The monoisotopic (exact) mass is 186 g/mol. The predicted molar refractivity (Wildman–Crippen MR) is 51.6 cm³/mol. The minimum atomic E-state index is 0.662. The number of halogens is 1. The zero-order valence-electron chi connectivity index (χ0n) is 7.46. The maximum Gasteiger partial charge on any atom is 0.108 e. The summed E-state index contributed by atoms with van der Waals surface area (Å²) < 4.78 is 2.13. The highest BCUT2D eigenvalue weighted by Crippen LogP contribution is 2.03. The Morgan fingerprint density at radius 1 is 1.58 bits per heavy atom. The predicted octanol–water partition coefficient (Wildman–Crippen LogP) is 2.46. The summed E-state index contributed by atoms with van der Waals surface area (Å²) in [4.78, 5) is 4.28. The first kappa shape index (κ1) is 9.59. The molecule has 0 saturated carbocycles. The lowest BCUT2D eigenvalue weighted by Crippen LogP contribution is -2.03. The molecule has 0 radical (unpaired) electrons. The molecule has 0 atom stereocenters. The first-order valence-corrected chi connectivity index (χ1v) is 4.98. The molecule has 1 rings (SSSR count). The van der Waals surface area contributed by atoms with Gasteiger partial charge in [-0.3, -0.25) is 0 Å². The van der Waals surface area contributed by atoms with E-state index in [0.717, 1.165) is 18.8 Å². The van der Waals surface area contributed by atoms with E-state index in [1.807, 2.05) is 12.4 Å². The van der Waals surface area contributed by atoms with Crippen molar-refractivity contribution in [3.63, 3.8) is 0 Å². The van der Waals surface area contributed by atoms with Crippen molar-refractivity contribution in [3.8, 4) is 0 Å². The Hall–Kier alpha value is -0.500. The summed E-state index contributed by atoms with van der Waals surface area (Å²) in [5, 5.41) is 0. The van der Waals surface area contributed by atoms with Crippen LogP contribution in [0.5, 0.6) is 0 Å². The molecule has 0 fully saturated rings. The van der Waals surface area contributed by atoms with E-state index < -0.39 is 0 Å². The van der Waals surface area contributed by atoms with E-state index in [2.05, 4.69) is 16.5 Å². The molecule has 1 aromatic heterocycles. The van der Waals surface area contributed by atoms with Crippen molar-refractivity contribution in [2.75, 3.05) is 5.88 Å². The summed E-state index contributed by atoms with van der Waals surface area (Å²) in [5.74, 6) is 1.83. The van der Waals surface area contributed by atoms with Gasteiger partial charge in [0.25, 0.3) is 0 Å².